The number of unbranched alkanes of at least 4 members (excludes halogenated alkanes) is 2. The number of aryl methyl sites for hydroxylation is 1. The van der Waals surface area contributed by atoms with Crippen LogP contribution in [0.2, 0.25) is 0 Å². The highest BCUT2D eigenvalue weighted by molar-refractivity contribution is 6.00. The van der Waals surface area contributed by atoms with E-state index in [1.807, 2.05) is 92.4 Å². The Labute approximate surface area is 279 Å². The fourth-order valence-electron chi connectivity index (χ4n) is 6.21. The van der Waals surface area contributed by atoms with Crippen LogP contribution in [0.15, 0.2) is 72.8 Å². The first-order valence-corrected chi connectivity index (χ1v) is 17.0. The van der Waals surface area contributed by atoms with Gasteiger partial charge >= 0.3 is 0 Å². The number of hydrogen-bond acceptors (Lipinski definition) is 5. The van der Waals surface area contributed by atoms with Crippen molar-refractivity contribution in [2.45, 2.75) is 85.4 Å². The molecule has 0 aliphatic carbocycles. The van der Waals surface area contributed by atoms with Gasteiger partial charge in [0.25, 0.3) is 11.8 Å². The number of aliphatic hydroxyl groups excluding tert-OH is 1. The number of rotatable bonds is 13. The SMILES string of the molecule is CCCCN(CCCC)C(=O)c1cc(C)n(-c2ccc(-c3ccc(OC(C)C)cc3)cc2C(=O)N2Cc3ccccc3C[C@H]2CO)n1. The van der Waals surface area contributed by atoms with Crippen molar-refractivity contribution >= 4 is 11.8 Å². The van der Waals surface area contributed by atoms with Crippen LogP contribution in [0.1, 0.15) is 91.0 Å². The van der Waals surface area contributed by atoms with Crippen molar-refractivity contribution in [3.63, 3.8) is 0 Å². The van der Waals surface area contributed by atoms with E-state index in [-0.39, 0.29) is 30.6 Å². The van der Waals surface area contributed by atoms with E-state index < -0.39 is 0 Å². The molecule has 1 N–H and O–H groups in total. The summed E-state index contributed by atoms with van der Waals surface area (Å²) in [5.41, 5.74) is 6.23. The zero-order chi connectivity index (χ0) is 33.5. The zero-order valence-corrected chi connectivity index (χ0v) is 28.4. The van der Waals surface area contributed by atoms with Gasteiger partial charge in [-0.05, 0) is 92.6 Å². The molecule has 8 heteroatoms. The molecule has 3 aromatic carbocycles. The molecule has 248 valence electrons. The van der Waals surface area contributed by atoms with Crippen LogP contribution in [0.5, 0.6) is 5.75 Å². The smallest absolute Gasteiger partial charge is 0.274 e. The summed E-state index contributed by atoms with van der Waals surface area (Å²) >= 11 is 0. The van der Waals surface area contributed by atoms with Gasteiger partial charge in [-0.25, -0.2) is 4.68 Å². The molecule has 0 radical (unpaired) electrons. The summed E-state index contributed by atoms with van der Waals surface area (Å²) in [6, 6.07) is 23.2. The summed E-state index contributed by atoms with van der Waals surface area (Å²) in [6.45, 7) is 11.8. The Bertz CT molecular complexity index is 1670. The third-order valence-electron chi connectivity index (χ3n) is 8.80. The second-order valence-corrected chi connectivity index (χ2v) is 12.7. The number of fused-ring (bicyclic) bond motifs is 1. The predicted octanol–water partition coefficient (Wildman–Crippen LogP) is 7.24. The molecular weight excluding hydrogens is 588 g/mol. The monoisotopic (exact) mass is 636 g/mol. The lowest BCUT2D eigenvalue weighted by Gasteiger charge is -2.36. The van der Waals surface area contributed by atoms with Crippen molar-refractivity contribution in [3.05, 3.63) is 101 Å². The number of carbonyl (C=O) groups is 2. The second kappa shape index (κ2) is 15.4. The van der Waals surface area contributed by atoms with E-state index in [4.69, 9.17) is 9.84 Å². The highest BCUT2D eigenvalue weighted by atomic mass is 16.5. The minimum Gasteiger partial charge on any atom is -0.491 e. The van der Waals surface area contributed by atoms with Crippen molar-refractivity contribution in [2.24, 2.45) is 0 Å². The van der Waals surface area contributed by atoms with Crippen LogP contribution in [0.25, 0.3) is 16.8 Å². The summed E-state index contributed by atoms with van der Waals surface area (Å²) in [6.07, 6.45) is 4.53. The standard InChI is InChI=1S/C39H48N4O4/c1-6-8-20-41(21-9-7-2)39(46)36-22-28(5)43(40-36)37-19-16-31(29-14-17-34(18-15-29)47-27(3)4)24-35(37)38(45)42-25-32-13-11-10-12-30(32)23-33(42)26-44/h10-19,22,24,27,33,44H,6-9,20-21,23,25-26H2,1-5H3/t33-/m0/s1. The second-order valence-electron chi connectivity index (χ2n) is 12.7. The van der Waals surface area contributed by atoms with Gasteiger partial charge < -0.3 is 19.6 Å². The van der Waals surface area contributed by atoms with Crippen molar-refractivity contribution in [3.8, 4) is 22.6 Å². The van der Waals surface area contributed by atoms with E-state index in [1.165, 1.54) is 0 Å². The summed E-state index contributed by atoms with van der Waals surface area (Å²) < 4.78 is 7.56. The van der Waals surface area contributed by atoms with Crippen molar-refractivity contribution < 1.29 is 19.4 Å². The molecule has 5 rings (SSSR count). The Hall–Kier alpha value is -4.43. The Kier molecular flexibility index (Phi) is 11.1. The van der Waals surface area contributed by atoms with Crippen LogP contribution >= 0.6 is 0 Å². The van der Waals surface area contributed by atoms with E-state index in [1.54, 1.807) is 9.58 Å². The Morgan fingerprint density at radius 3 is 2.23 bits per heavy atom. The van der Waals surface area contributed by atoms with Crippen molar-refractivity contribution in [1.29, 1.82) is 0 Å². The first-order chi connectivity index (χ1) is 22.7. The summed E-state index contributed by atoms with van der Waals surface area (Å²) in [4.78, 5) is 32.0. The molecular formula is C39H48N4O4. The Morgan fingerprint density at radius 1 is 0.936 bits per heavy atom. The molecule has 1 aliphatic rings. The van der Waals surface area contributed by atoms with Crippen LogP contribution in [0, 0.1) is 6.92 Å². The van der Waals surface area contributed by atoms with Crippen LogP contribution in [-0.2, 0) is 13.0 Å². The number of amides is 2. The Morgan fingerprint density at radius 2 is 1.60 bits per heavy atom. The number of nitrogens with zero attached hydrogens (tertiary/aromatic N) is 4. The summed E-state index contributed by atoms with van der Waals surface area (Å²) in [5, 5.41) is 15.2. The average Bonchev–Trinajstić information content (AvgIpc) is 3.48. The lowest BCUT2D eigenvalue weighted by atomic mass is 9.93. The van der Waals surface area contributed by atoms with Gasteiger partial charge in [-0.1, -0.05) is 69.2 Å². The third kappa shape index (κ3) is 7.76. The molecule has 0 bridgehead atoms. The quantitative estimate of drug-likeness (QED) is 0.167. The molecule has 0 unspecified atom stereocenters. The van der Waals surface area contributed by atoms with Gasteiger partial charge in [0.2, 0.25) is 0 Å². The largest absolute Gasteiger partial charge is 0.491 e. The van der Waals surface area contributed by atoms with E-state index in [2.05, 4.69) is 19.9 Å². The maximum atomic E-state index is 14.6. The van der Waals surface area contributed by atoms with E-state index in [0.717, 1.165) is 59.4 Å². The number of benzene rings is 3. The first kappa shape index (κ1) is 33.9. The zero-order valence-electron chi connectivity index (χ0n) is 28.4. The molecule has 0 saturated heterocycles. The predicted molar refractivity (Wildman–Crippen MR) is 186 cm³/mol. The maximum Gasteiger partial charge on any atom is 0.274 e. The lowest BCUT2D eigenvalue weighted by molar-refractivity contribution is 0.0544. The fourth-order valence-corrected chi connectivity index (χ4v) is 6.21. The highest BCUT2D eigenvalue weighted by Crippen LogP contribution is 2.31. The van der Waals surface area contributed by atoms with Gasteiger partial charge in [0, 0.05) is 25.3 Å². The summed E-state index contributed by atoms with van der Waals surface area (Å²) in [5.74, 6) is 0.506. The third-order valence-corrected chi connectivity index (χ3v) is 8.80. The van der Waals surface area contributed by atoms with Gasteiger partial charge in [0.1, 0.15) is 5.75 Å². The van der Waals surface area contributed by atoms with Crippen LogP contribution in [-0.4, -0.2) is 68.3 Å². The minimum atomic E-state index is -0.358. The topological polar surface area (TPSA) is 87.9 Å². The first-order valence-electron chi connectivity index (χ1n) is 17.0. The minimum absolute atomic E-state index is 0.0675. The molecule has 0 saturated carbocycles. The molecule has 1 atom stereocenters. The van der Waals surface area contributed by atoms with Crippen LogP contribution < -0.4 is 4.74 Å². The highest BCUT2D eigenvalue weighted by Gasteiger charge is 2.32. The van der Waals surface area contributed by atoms with Crippen molar-refractivity contribution in [1.82, 2.24) is 19.6 Å². The molecule has 2 amide bonds. The van der Waals surface area contributed by atoms with Gasteiger partial charge in [-0.2, -0.15) is 5.10 Å². The number of aromatic nitrogens is 2. The Balaban J connectivity index is 1.56. The number of carbonyl (C=O) groups excluding carboxylic acids is 2. The van der Waals surface area contributed by atoms with Gasteiger partial charge in [0.15, 0.2) is 5.69 Å². The fraction of sp³-hybridized carbons (Fsp3) is 0.410. The molecule has 0 spiro atoms. The lowest BCUT2D eigenvalue weighted by Crippen LogP contribution is -2.46. The molecule has 1 aromatic heterocycles. The van der Waals surface area contributed by atoms with Gasteiger partial charge in [0.05, 0.1) is 30.0 Å². The van der Waals surface area contributed by atoms with Crippen molar-refractivity contribution in [2.75, 3.05) is 19.7 Å². The number of aliphatic hydroxyl groups is 1. The number of hydrogen-bond donors (Lipinski definition) is 1. The van der Waals surface area contributed by atoms with E-state index in [9.17, 15) is 14.7 Å². The van der Waals surface area contributed by atoms with E-state index in [0.29, 0.717) is 43.0 Å². The molecule has 1 aliphatic heterocycles. The average molecular weight is 637 g/mol. The normalized spacial score (nSPS) is 14.3. The number of ether oxygens (including phenoxy) is 1. The summed E-state index contributed by atoms with van der Waals surface area (Å²) in [7, 11) is 0. The molecule has 8 nitrogen and oxygen atoms in total. The maximum absolute atomic E-state index is 14.6. The molecule has 2 heterocycles. The van der Waals surface area contributed by atoms with Gasteiger partial charge in [-0.15, -0.1) is 0 Å². The van der Waals surface area contributed by atoms with E-state index >= 15 is 0 Å². The molecule has 0 fully saturated rings. The van der Waals surface area contributed by atoms with Gasteiger partial charge in [-0.3, -0.25) is 9.59 Å². The molecule has 47 heavy (non-hydrogen) atoms. The van der Waals surface area contributed by atoms with Crippen LogP contribution in [0.3, 0.4) is 0 Å². The van der Waals surface area contributed by atoms with Crippen LogP contribution in [0.4, 0.5) is 0 Å². The molecule has 4 aromatic rings.